The van der Waals surface area contributed by atoms with E-state index in [9.17, 15) is 19.5 Å². The normalized spacial score (nSPS) is 11.6. The molecule has 0 atom stereocenters. The number of hydrogen-bond donors (Lipinski definition) is 4. The van der Waals surface area contributed by atoms with Crippen LogP contribution in [-0.2, 0) is 9.47 Å². The molecule has 11 heteroatoms. The summed E-state index contributed by atoms with van der Waals surface area (Å²) in [4.78, 5) is 43.6. The lowest BCUT2D eigenvalue weighted by Gasteiger charge is -2.19. The molecule has 4 aromatic rings. The Morgan fingerprint density at radius 3 is 2.26 bits per heavy atom. The van der Waals surface area contributed by atoms with Gasteiger partial charge in [0.2, 0.25) is 0 Å². The quantitative estimate of drug-likeness (QED) is 0.0949. The van der Waals surface area contributed by atoms with Crippen molar-refractivity contribution in [1.82, 2.24) is 15.6 Å². The maximum absolute atomic E-state index is 12.6. The molecule has 1 aromatic heterocycles. The third kappa shape index (κ3) is 7.66. The molecule has 4 rings (SSSR count). The van der Waals surface area contributed by atoms with Gasteiger partial charge < -0.3 is 34.9 Å². The minimum Gasteiger partial charge on any atom is -0.494 e. The third-order valence-corrected chi connectivity index (χ3v) is 5.85. The van der Waals surface area contributed by atoms with Crippen molar-refractivity contribution in [2.45, 2.75) is 26.4 Å². The fraction of sp³-hybridized carbons (Fsp3) is 0.226. The second kappa shape index (κ2) is 12.9. The number of aromatic nitrogens is 1. The number of aromatic hydroxyl groups is 1. The minimum absolute atomic E-state index is 0.112. The predicted molar refractivity (Wildman–Crippen MR) is 158 cm³/mol. The largest absolute Gasteiger partial charge is 0.513 e. The van der Waals surface area contributed by atoms with E-state index in [-0.39, 0.29) is 30.6 Å². The van der Waals surface area contributed by atoms with Crippen LogP contribution in [0.1, 0.15) is 42.3 Å². The lowest BCUT2D eigenvalue weighted by Crippen LogP contribution is -2.37. The molecule has 0 saturated carbocycles. The van der Waals surface area contributed by atoms with Gasteiger partial charge in [-0.2, -0.15) is 0 Å². The predicted octanol–water partition coefficient (Wildman–Crippen LogP) is 5.44. The highest BCUT2D eigenvalue weighted by atomic mass is 16.7. The van der Waals surface area contributed by atoms with E-state index >= 15 is 0 Å². The van der Waals surface area contributed by atoms with Gasteiger partial charge in [-0.05, 0) is 57.2 Å². The maximum Gasteiger partial charge on any atom is 0.513 e. The Morgan fingerprint density at radius 2 is 1.60 bits per heavy atom. The zero-order chi connectivity index (χ0) is 30.3. The Balaban J connectivity index is 1.54. The van der Waals surface area contributed by atoms with Crippen molar-refractivity contribution >= 4 is 40.5 Å². The van der Waals surface area contributed by atoms with Crippen molar-refractivity contribution in [2.24, 2.45) is 4.99 Å². The molecule has 3 aromatic carbocycles. The van der Waals surface area contributed by atoms with Crippen molar-refractivity contribution in [3.8, 4) is 11.6 Å². The van der Waals surface area contributed by atoms with Crippen LogP contribution in [0, 0.1) is 0 Å². The van der Waals surface area contributed by atoms with Crippen molar-refractivity contribution in [3.05, 3.63) is 89.5 Å². The SMILES string of the molecule is COC(=O)Oc1ccc2c(C(=Nc3ccc(C(=O)NCCNC(=O)OC(C)(C)C)cc3)c3ccccc3)c(O)[nH]c2c1. The Bertz CT molecular complexity index is 1600. The lowest BCUT2D eigenvalue weighted by atomic mass is 10.0. The van der Waals surface area contributed by atoms with E-state index in [0.29, 0.717) is 33.4 Å². The number of H-pyrrole nitrogens is 1. The van der Waals surface area contributed by atoms with Crippen LogP contribution in [0.3, 0.4) is 0 Å². The molecule has 0 saturated heterocycles. The number of aliphatic imine (C=N–C) groups is 1. The first kappa shape index (κ1) is 29.7. The lowest BCUT2D eigenvalue weighted by molar-refractivity contribution is 0.0526. The summed E-state index contributed by atoms with van der Waals surface area (Å²) in [6.07, 6.45) is -1.41. The zero-order valence-electron chi connectivity index (χ0n) is 23.7. The highest BCUT2D eigenvalue weighted by Crippen LogP contribution is 2.33. The van der Waals surface area contributed by atoms with Gasteiger partial charge in [-0.15, -0.1) is 0 Å². The first-order valence-electron chi connectivity index (χ1n) is 13.1. The fourth-order valence-electron chi connectivity index (χ4n) is 4.04. The number of alkyl carbamates (subject to hydrolysis) is 1. The van der Waals surface area contributed by atoms with Crippen LogP contribution in [0.25, 0.3) is 10.9 Å². The minimum atomic E-state index is -0.855. The van der Waals surface area contributed by atoms with Gasteiger partial charge in [0.1, 0.15) is 11.4 Å². The van der Waals surface area contributed by atoms with Gasteiger partial charge in [0.25, 0.3) is 5.91 Å². The number of carbonyl (C=O) groups is 3. The molecule has 1 heterocycles. The molecule has 4 N–H and O–H groups in total. The van der Waals surface area contributed by atoms with Crippen LogP contribution < -0.4 is 15.4 Å². The van der Waals surface area contributed by atoms with Gasteiger partial charge in [-0.3, -0.25) is 4.79 Å². The molecule has 0 bridgehead atoms. The number of fused-ring (bicyclic) bond motifs is 1. The Morgan fingerprint density at radius 1 is 0.905 bits per heavy atom. The van der Waals surface area contributed by atoms with Crippen molar-refractivity contribution < 1.29 is 33.7 Å². The second-order valence-corrected chi connectivity index (χ2v) is 10.2. The van der Waals surface area contributed by atoms with Crippen LogP contribution in [0.4, 0.5) is 15.3 Å². The van der Waals surface area contributed by atoms with Crippen molar-refractivity contribution in [1.29, 1.82) is 0 Å². The summed E-state index contributed by atoms with van der Waals surface area (Å²) in [5, 5.41) is 16.9. The third-order valence-electron chi connectivity index (χ3n) is 5.85. The van der Waals surface area contributed by atoms with Crippen molar-refractivity contribution in [3.63, 3.8) is 0 Å². The average Bonchev–Trinajstić information content (AvgIpc) is 3.28. The van der Waals surface area contributed by atoms with Crippen LogP contribution in [-0.4, -0.2) is 59.8 Å². The van der Waals surface area contributed by atoms with Gasteiger partial charge in [-0.25, -0.2) is 14.6 Å². The summed E-state index contributed by atoms with van der Waals surface area (Å²) < 4.78 is 14.8. The number of amides is 2. The molecule has 0 spiro atoms. The number of rotatable bonds is 8. The van der Waals surface area contributed by atoms with Gasteiger partial charge in [0, 0.05) is 35.7 Å². The van der Waals surface area contributed by atoms with Crippen LogP contribution >= 0.6 is 0 Å². The number of hydrogen-bond acceptors (Lipinski definition) is 8. The Hall–Kier alpha value is -5.32. The Labute approximate surface area is 242 Å². The van der Waals surface area contributed by atoms with E-state index in [0.717, 1.165) is 5.56 Å². The monoisotopic (exact) mass is 572 g/mol. The number of nitrogens with zero attached hydrogens (tertiary/aromatic N) is 1. The number of nitrogens with one attached hydrogen (secondary N) is 3. The van der Waals surface area contributed by atoms with Gasteiger partial charge >= 0.3 is 12.2 Å². The van der Waals surface area contributed by atoms with Crippen LogP contribution in [0.15, 0.2) is 77.8 Å². The molecule has 0 aliphatic rings. The van der Waals surface area contributed by atoms with E-state index in [1.54, 1.807) is 63.2 Å². The van der Waals surface area contributed by atoms with Gasteiger partial charge in [-0.1, -0.05) is 30.3 Å². The fourth-order valence-corrected chi connectivity index (χ4v) is 4.04. The summed E-state index contributed by atoms with van der Waals surface area (Å²) in [5.41, 5.74) is 2.60. The highest BCUT2D eigenvalue weighted by Gasteiger charge is 2.20. The molecule has 11 nitrogen and oxygen atoms in total. The molecule has 0 unspecified atom stereocenters. The summed E-state index contributed by atoms with van der Waals surface area (Å²) in [6, 6.07) is 20.9. The molecule has 2 amide bonds. The number of ether oxygens (including phenoxy) is 3. The van der Waals surface area contributed by atoms with E-state index in [1.807, 2.05) is 30.3 Å². The van der Waals surface area contributed by atoms with E-state index < -0.39 is 17.8 Å². The maximum atomic E-state index is 12.6. The number of carbonyl (C=O) groups excluding carboxylic acids is 3. The molecule has 218 valence electrons. The summed E-state index contributed by atoms with van der Waals surface area (Å²) in [5.74, 6) is -0.173. The molecule has 0 aliphatic carbocycles. The highest BCUT2D eigenvalue weighted by molar-refractivity contribution is 6.22. The summed E-state index contributed by atoms with van der Waals surface area (Å²) >= 11 is 0. The average molecular weight is 573 g/mol. The molecular weight excluding hydrogens is 540 g/mol. The van der Waals surface area contributed by atoms with Crippen LogP contribution in [0.5, 0.6) is 11.6 Å². The first-order chi connectivity index (χ1) is 20.0. The molecular formula is C31H32N4O7. The number of aromatic amines is 1. The summed E-state index contributed by atoms with van der Waals surface area (Å²) in [6.45, 7) is 5.76. The molecule has 0 aliphatic heterocycles. The van der Waals surface area contributed by atoms with E-state index in [1.165, 1.54) is 7.11 Å². The smallest absolute Gasteiger partial charge is 0.494 e. The second-order valence-electron chi connectivity index (χ2n) is 10.2. The van der Waals surface area contributed by atoms with Crippen LogP contribution in [0.2, 0.25) is 0 Å². The Kier molecular flexibility index (Phi) is 9.11. The topological polar surface area (TPSA) is 151 Å². The van der Waals surface area contributed by atoms with E-state index in [2.05, 4.69) is 20.4 Å². The summed E-state index contributed by atoms with van der Waals surface area (Å²) in [7, 11) is 1.22. The molecule has 0 fully saturated rings. The standard InChI is InChI=1S/C31H32N4O7/c1-31(2,3)42-29(38)33-17-16-32-27(36)20-10-12-21(13-11-20)34-26(19-8-6-5-7-9-19)25-23-15-14-22(41-30(39)40-4)18-24(23)35-28(25)37/h5-15,18,35,37H,16-17H2,1-4H3,(H,32,36)(H,33,38). The number of benzene rings is 3. The first-order valence-corrected chi connectivity index (χ1v) is 13.1. The molecule has 0 radical (unpaired) electrons. The van der Waals surface area contributed by atoms with Gasteiger partial charge in [0.05, 0.1) is 29.6 Å². The van der Waals surface area contributed by atoms with E-state index in [4.69, 9.17) is 14.5 Å². The van der Waals surface area contributed by atoms with Gasteiger partial charge in [0.15, 0.2) is 5.88 Å². The zero-order valence-corrected chi connectivity index (χ0v) is 23.7. The van der Waals surface area contributed by atoms with Crippen molar-refractivity contribution in [2.75, 3.05) is 20.2 Å². The number of methoxy groups -OCH3 is 1. The molecule has 42 heavy (non-hydrogen) atoms.